The summed E-state index contributed by atoms with van der Waals surface area (Å²) in [7, 11) is 1.67. The van der Waals surface area contributed by atoms with Gasteiger partial charge in [0.15, 0.2) is 5.58 Å². The average Bonchev–Trinajstić information content (AvgIpc) is 2.72. The van der Waals surface area contributed by atoms with Crippen LogP contribution >= 0.6 is 0 Å². The van der Waals surface area contributed by atoms with Crippen LogP contribution in [0.5, 0.6) is 0 Å². The fraction of sp³-hybridized carbons (Fsp3) is 0.467. The van der Waals surface area contributed by atoms with Crippen LogP contribution < -0.4 is 10.7 Å². The van der Waals surface area contributed by atoms with E-state index in [-0.39, 0.29) is 5.76 Å². The Morgan fingerprint density at radius 1 is 1.32 bits per heavy atom. The van der Waals surface area contributed by atoms with Gasteiger partial charge < -0.3 is 14.4 Å². The molecule has 0 aliphatic carbocycles. The summed E-state index contributed by atoms with van der Waals surface area (Å²) < 4.78 is 6.68. The number of carboxylic acid groups (broad SMARTS) is 1. The SMILES string of the molecule is Cn1c(=O)oc2cc(N3CCN(C(=O)O)C(C)(C)C3)ccc21. The number of fused-ring (bicyclic) bond motifs is 1. The lowest BCUT2D eigenvalue weighted by atomic mass is 9.99. The van der Waals surface area contributed by atoms with Gasteiger partial charge in [0.2, 0.25) is 0 Å². The van der Waals surface area contributed by atoms with Crippen molar-refractivity contribution in [2.75, 3.05) is 24.5 Å². The number of aromatic nitrogens is 1. The van der Waals surface area contributed by atoms with Crippen LogP contribution in [0.25, 0.3) is 11.1 Å². The Balaban J connectivity index is 1.92. The molecule has 1 saturated heterocycles. The van der Waals surface area contributed by atoms with Gasteiger partial charge in [-0.2, -0.15) is 0 Å². The van der Waals surface area contributed by atoms with Crippen LogP contribution in [0, 0.1) is 0 Å². The molecule has 1 aromatic carbocycles. The van der Waals surface area contributed by atoms with Gasteiger partial charge >= 0.3 is 11.8 Å². The Morgan fingerprint density at radius 2 is 2.05 bits per heavy atom. The zero-order valence-corrected chi connectivity index (χ0v) is 12.9. The Labute approximate surface area is 127 Å². The predicted molar refractivity (Wildman–Crippen MR) is 82.5 cm³/mol. The first-order chi connectivity index (χ1) is 10.3. The molecule has 7 nitrogen and oxygen atoms in total. The zero-order valence-electron chi connectivity index (χ0n) is 12.9. The van der Waals surface area contributed by atoms with Crippen molar-refractivity contribution in [1.82, 2.24) is 9.47 Å². The third-order valence-electron chi connectivity index (χ3n) is 4.27. The molecule has 118 valence electrons. The van der Waals surface area contributed by atoms with Gasteiger partial charge in [-0.05, 0) is 26.0 Å². The van der Waals surface area contributed by atoms with E-state index in [1.54, 1.807) is 7.05 Å². The molecule has 0 spiro atoms. The van der Waals surface area contributed by atoms with E-state index < -0.39 is 11.6 Å². The standard InChI is InChI=1S/C15H19N3O4/c1-15(2)9-17(6-7-18(15)13(19)20)10-4-5-11-12(8-10)22-14(21)16(11)3/h4-5,8H,6-7,9H2,1-3H3,(H,19,20). The minimum atomic E-state index is -0.894. The number of amides is 1. The molecule has 0 saturated carbocycles. The topological polar surface area (TPSA) is 78.9 Å². The maximum atomic E-state index is 11.6. The van der Waals surface area contributed by atoms with E-state index in [0.29, 0.717) is 25.2 Å². The highest BCUT2D eigenvalue weighted by atomic mass is 16.4. The first-order valence-electron chi connectivity index (χ1n) is 7.15. The molecule has 2 aromatic rings. The molecular weight excluding hydrogens is 286 g/mol. The van der Waals surface area contributed by atoms with Gasteiger partial charge in [-0.1, -0.05) is 0 Å². The summed E-state index contributed by atoms with van der Waals surface area (Å²) in [6, 6.07) is 5.62. The highest BCUT2D eigenvalue weighted by Crippen LogP contribution is 2.27. The molecule has 1 N–H and O–H groups in total. The van der Waals surface area contributed by atoms with Crippen molar-refractivity contribution in [2.45, 2.75) is 19.4 Å². The summed E-state index contributed by atoms with van der Waals surface area (Å²) in [5.41, 5.74) is 1.75. The monoisotopic (exact) mass is 305 g/mol. The van der Waals surface area contributed by atoms with Crippen LogP contribution in [0.3, 0.4) is 0 Å². The van der Waals surface area contributed by atoms with Crippen molar-refractivity contribution in [3.63, 3.8) is 0 Å². The zero-order chi connectivity index (χ0) is 16.1. The molecular formula is C15H19N3O4. The van der Waals surface area contributed by atoms with Gasteiger partial charge in [0.25, 0.3) is 0 Å². The summed E-state index contributed by atoms with van der Waals surface area (Å²) in [6.45, 7) is 5.46. The van der Waals surface area contributed by atoms with Crippen LogP contribution in [0.15, 0.2) is 27.4 Å². The second kappa shape index (κ2) is 4.79. The molecule has 3 rings (SSSR count). The second-order valence-electron chi connectivity index (χ2n) is 6.25. The first kappa shape index (κ1) is 14.5. The number of rotatable bonds is 1. The van der Waals surface area contributed by atoms with Crippen molar-refractivity contribution in [3.8, 4) is 0 Å². The van der Waals surface area contributed by atoms with E-state index >= 15 is 0 Å². The van der Waals surface area contributed by atoms with Crippen LogP contribution in [-0.4, -0.2) is 45.8 Å². The normalized spacial score (nSPS) is 18.0. The molecule has 1 fully saturated rings. The predicted octanol–water partition coefficient (Wildman–Crippen LogP) is 1.71. The van der Waals surface area contributed by atoms with Gasteiger partial charge in [-0.15, -0.1) is 0 Å². The minimum absolute atomic E-state index is 0.386. The van der Waals surface area contributed by atoms with Crippen LogP contribution in [-0.2, 0) is 7.05 Å². The highest BCUT2D eigenvalue weighted by molar-refractivity contribution is 5.78. The van der Waals surface area contributed by atoms with E-state index in [2.05, 4.69) is 4.90 Å². The quantitative estimate of drug-likeness (QED) is 0.867. The Bertz CT molecular complexity index is 790. The molecule has 0 radical (unpaired) electrons. The summed E-state index contributed by atoms with van der Waals surface area (Å²) in [5.74, 6) is -0.386. The van der Waals surface area contributed by atoms with Crippen LogP contribution in [0.2, 0.25) is 0 Å². The average molecular weight is 305 g/mol. The van der Waals surface area contributed by atoms with Crippen molar-refractivity contribution < 1.29 is 14.3 Å². The highest BCUT2D eigenvalue weighted by Gasteiger charge is 2.36. The summed E-state index contributed by atoms with van der Waals surface area (Å²) in [6.07, 6.45) is -0.894. The Kier molecular flexibility index (Phi) is 3.16. The van der Waals surface area contributed by atoms with Crippen molar-refractivity contribution >= 4 is 22.9 Å². The smallest absolute Gasteiger partial charge is 0.419 e. The van der Waals surface area contributed by atoms with Crippen LogP contribution in [0.4, 0.5) is 10.5 Å². The molecule has 1 aliphatic heterocycles. The second-order valence-corrected chi connectivity index (χ2v) is 6.25. The number of nitrogens with zero attached hydrogens (tertiary/aromatic N) is 3. The molecule has 7 heteroatoms. The van der Waals surface area contributed by atoms with Gasteiger partial charge in [-0.3, -0.25) is 9.47 Å². The number of hydrogen-bond acceptors (Lipinski definition) is 4. The van der Waals surface area contributed by atoms with Crippen molar-refractivity contribution in [2.24, 2.45) is 7.05 Å². The minimum Gasteiger partial charge on any atom is -0.465 e. The number of carbonyl (C=O) groups is 1. The van der Waals surface area contributed by atoms with E-state index in [1.165, 1.54) is 9.47 Å². The summed E-state index contributed by atoms with van der Waals surface area (Å²) >= 11 is 0. The van der Waals surface area contributed by atoms with Crippen LogP contribution in [0.1, 0.15) is 13.8 Å². The summed E-state index contributed by atoms with van der Waals surface area (Å²) in [5, 5.41) is 9.26. The molecule has 2 heterocycles. The molecule has 0 atom stereocenters. The number of benzene rings is 1. The fourth-order valence-electron chi connectivity index (χ4n) is 3.05. The lowest BCUT2D eigenvalue weighted by Crippen LogP contribution is -2.60. The molecule has 1 amide bonds. The number of piperazine rings is 1. The van der Waals surface area contributed by atoms with Crippen molar-refractivity contribution in [1.29, 1.82) is 0 Å². The lowest BCUT2D eigenvalue weighted by Gasteiger charge is -2.46. The summed E-state index contributed by atoms with van der Waals surface area (Å²) in [4.78, 5) is 26.4. The number of aryl methyl sites for hydroxylation is 1. The van der Waals surface area contributed by atoms with Gasteiger partial charge in [0.1, 0.15) is 0 Å². The molecule has 0 unspecified atom stereocenters. The first-order valence-corrected chi connectivity index (χ1v) is 7.15. The Morgan fingerprint density at radius 3 is 2.68 bits per heavy atom. The van der Waals surface area contributed by atoms with E-state index in [1.807, 2.05) is 32.0 Å². The largest absolute Gasteiger partial charge is 0.465 e. The maximum Gasteiger partial charge on any atom is 0.419 e. The number of anilines is 1. The fourth-order valence-corrected chi connectivity index (χ4v) is 3.05. The molecule has 1 aromatic heterocycles. The van der Waals surface area contributed by atoms with Crippen molar-refractivity contribution in [3.05, 3.63) is 28.7 Å². The third kappa shape index (κ3) is 2.22. The maximum absolute atomic E-state index is 11.6. The Hall–Kier alpha value is -2.44. The van der Waals surface area contributed by atoms with Gasteiger partial charge in [0, 0.05) is 38.4 Å². The van der Waals surface area contributed by atoms with E-state index in [4.69, 9.17) is 4.42 Å². The van der Waals surface area contributed by atoms with E-state index in [0.717, 1.165) is 11.2 Å². The third-order valence-corrected chi connectivity index (χ3v) is 4.27. The van der Waals surface area contributed by atoms with E-state index in [9.17, 15) is 14.7 Å². The number of hydrogen-bond donors (Lipinski definition) is 1. The van der Waals surface area contributed by atoms with Gasteiger partial charge in [0.05, 0.1) is 11.1 Å². The lowest BCUT2D eigenvalue weighted by molar-refractivity contribution is 0.0845. The van der Waals surface area contributed by atoms with Gasteiger partial charge in [-0.25, -0.2) is 9.59 Å². The molecule has 22 heavy (non-hydrogen) atoms. The molecule has 0 bridgehead atoms. The number of oxazole rings is 1. The molecule has 1 aliphatic rings.